The van der Waals surface area contributed by atoms with Crippen LogP contribution in [-0.4, -0.2) is 23.0 Å². The lowest BCUT2D eigenvalue weighted by Crippen LogP contribution is -2.52. The largest absolute Gasteiger partial charge is 0.392 e. The second-order valence-corrected chi connectivity index (χ2v) is 5.57. The normalized spacial score (nSPS) is 21.1. The maximum Gasteiger partial charge on any atom is 0.144 e. The Kier molecular flexibility index (Phi) is 3.14. The molecule has 0 spiro atoms. The maximum absolute atomic E-state index is 11.1. The predicted octanol–water partition coefficient (Wildman–Crippen LogP) is 2.12. The van der Waals surface area contributed by atoms with Gasteiger partial charge in [-0.3, -0.25) is 0 Å². The van der Waals surface area contributed by atoms with Crippen molar-refractivity contribution in [2.75, 3.05) is 10.6 Å². The van der Waals surface area contributed by atoms with E-state index in [0.717, 1.165) is 27.7 Å². The Labute approximate surface area is 109 Å². The highest BCUT2D eigenvalue weighted by Gasteiger charge is 2.35. The highest BCUT2D eigenvalue weighted by Crippen LogP contribution is 2.38. The second kappa shape index (κ2) is 4.31. The van der Waals surface area contributed by atoms with E-state index in [1.807, 2.05) is 26.0 Å². The van der Waals surface area contributed by atoms with Crippen LogP contribution in [0.15, 0.2) is 16.6 Å². The van der Waals surface area contributed by atoms with Crippen molar-refractivity contribution in [2.45, 2.75) is 32.0 Å². The standard InChI is InChI=1S/C12H15BrN2O2/c1-12(2)10(6-17)14-11-7(5-16)8(13)3-4-9(11)15-12/h3-4,6,10,14-16H,5H2,1-2H3. The molecule has 0 aromatic heterocycles. The highest BCUT2D eigenvalue weighted by atomic mass is 79.9. The van der Waals surface area contributed by atoms with Crippen LogP contribution < -0.4 is 10.6 Å². The second-order valence-electron chi connectivity index (χ2n) is 4.71. The Morgan fingerprint density at radius 3 is 2.82 bits per heavy atom. The molecule has 5 heteroatoms. The maximum atomic E-state index is 11.1. The predicted molar refractivity (Wildman–Crippen MR) is 71.2 cm³/mol. The van der Waals surface area contributed by atoms with Gasteiger partial charge in [-0.2, -0.15) is 0 Å². The molecule has 0 saturated heterocycles. The fraction of sp³-hybridized carbons (Fsp3) is 0.417. The van der Waals surface area contributed by atoms with Crippen molar-refractivity contribution in [2.24, 2.45) is 0 Å². The van der Waals surface area contributed by atoms with Crippen molar-refractivity contribution < 1.29 is 9.90 Å². The van der Waals surface area contributed by atoms with E-state index in [4.69, 9.17) is 0 Å². The molecular formula is C12H15BrN2O2. The third-order valence-corrected chi connectivity index (χ3v) is 3.83. The highest BCUT2D eigenvalue weighted by molar-refractivity contribution is 9.10. The van der Waals surface area contributed by atoms with Crippen LogP contribution in [0.1, 0.15) is 19.4 Å². The fourth-order valence-corrected chi connectivity index (χ4v) is 2.47. The van der Waals surface area contributed by atoms with Crippen molar-refractivity contribution in [3.8, 4) is 0 Å². The van der Waals surface area contributed by atoms with Gasteiger partial charge in [0.2, 0.25) is 0 Å². The quantitative estimate of drug-likeness (QED) is 0.732. The molecule has 1 unspecified atom stereocenters. The van der Waals surface area contributed by atoms with Crippen molar-refractivity contribution in [1.82, 2.24) is 0 Å². The number of halogens is 1. The van der Waals surface area contributed by atoms with E-state index in [9.17, 15) is 9.90 Å². The van der Waals surface area contributed by atoms with Gasteiger partial charge in [-0.1, -0.05) is 15.9 Å². The first kappa shape index (κ1) is 12.4. The molecule has 3 N–H and O–H groups in total. The fourth-order valence-electron chi connectivity index (χ4n) is 2.01. The molecule has 0 fully saturated rings. The Morgan fingerprint density at radius 1 is 1.53 bits per heavy atom. The summed E-state index contributed by atoms with van der Waals surface area (Å²) >= 11 is 3.39. The summed E-state index contributed by atoms with van der Waals surface area (Å²) in [5, 5.41) is 15.9. The van der Waals surface area contributed by atoms with Crippen LogP contribution in [0.3, 0.4) is 0 Å². The van der Waals surface area contributed by atoms with Crippen LogP contribution >= 0.6 is 15.9 Å². The Hall–Kier alpha value is -1.07. The Morgan fingerprint density at radius 2 is 2.24 bits per heavy atom. The SMILES string of the molecule is CC1(C)Nc2ccc(Br)c(CO)c2NC1C=O. The molecule has 1 aromatic rings. The Bertz CT molecular complexity index is 460. The molecule has 2 rings (SSSR count). The minimum absolute atomic E-state index is 0.0789. The van der Waals surface area contributed by atoms with Gasteiger partial charge in [-0.05, 0) is 26.0 Å². The first-order valence-corrected chi connectivity index (χ1v) is 6.21. The number of aldehydes is 1. The van der Waals surface area contributed by atoms with Gasteiger partial charge in [0.05, 0.1) is 23.5 Å². The summed E-state index contributed by atoms with van der Waals surface area (Å²) in [5.41, 5.74) is 2.10. The zero-order valence-electron chi connectivity index (χ0n) is 9.75. The third-order valence-electron chi connectivity index (χ3n) is 3.08. The molecule has 1 aliphatic heterocycles. The van der Waals surface area contributed by atoms with E-state index >= 15 is 0 Å². The topological polar surface area (TPSA) is 61.4 Å². The number of carbonyl (C=O) groups excluding carboxylic acids is 1. The summed E-state index contributed by atoms with van der Waals surface area (Å²) in [6.07, 6.45) is 0.887. The van der Waals surface area contributed by atoms with Crippen LogP contribution in [-0.2, 0) is 11.4 Å². The molecule has 1 aromatic carbocycles. The number of aliphatic hydroxyl groups excluding tert-OH is 1. The number of hydrogen-bond acceptors (Lipinski definition) is 4. The molecule has 0 saturated carbocycles. The average Bonchev–Trinajstić information content (AvgIpc) is 2.28. The van der Waals surface area contributed by atoms with Crippen molar-refractivity contribution in [3.63, 3.8) is 0 Å². The number of nitrogens with one attached hydrogen (secondary N) is 2. The van der Waals surface area contributed by atoms with E-state index in [-0.39, 0.29) is 18.2 Å². The van der Waals surface area contributed by atoms with Crippen LogP contribution in [0, 0.1) is 0 Å². The van der Waals surface area contributed by atoms with Gasteiger partial charge < -0.3 is 20.5 Å². The molecule has 0 amide bonds. The number of aliphatic hydroxyl groups is 1. The molecule has 1 heterocycles. The van der Waals surface area contributed by atoms with Crippen LogP contribution in [0.5, 0.6) is 0 Å². The number of carbonyl (C=O) groups is 1. The number of anilines is 2. The number of hydrogen-bond donors (Lipinski definition) is 3. The van der Waals surface area contributed by atoms with Gasteiger partial charge in [-0.15, -0.1) is 0 Å². The summed E-state index contributed by atoms with van der Waals surface area (Å²) in [4.78, 5) is 11.1. The van der Waals surface area contributed by atoms with E-state index in [1.165, 1.54) is 0 Å². The van der Waals surface area contributed by atoms with E-state index in [1.54, 1.807) is 0 Å². The van der Waals surface area contributed by atoms with Gasteiger partial charge in [0, 0.05) is 10.0 Å². The zero-order valence-corrected chi connectivity index (χ0v) is 11.3. The van der Waals surface area contributed by atoms with Gasteiger partial charge in [-0.25, -0.2) is 0 Å². The summed E-state index contributed by atoms with van der Waals surface area (Å²) in [6.45, 7) is 3.84. The molecule has 0 aliphatic carbocycles. The average molecular weight is 299 g/mol. The van der Waals surface area contributed by atoms with Gasteiger partial charge in [0.1, 0.15) is 12.3 Å². The first-order chi connectivity index (χ1) is 7.99. The molecule has 17 heavy (non-hydrogen) atoms. The minimum Gasteiger partial charge on any atom is -0.392 e. The van der Waals surface area contributed by atoms with E-state index in [0.29, 0.717) is 0 Å². The molecule has 1 aliphatic rings. The van der Waals surface area contributed by atoms with Crippen molar-refractivity contribution in [3.05, 3.63) is 22.2 Å². The lowest BCUT2D eigenvalue weighted by molar-refractivity contribution is -0.109. The molecule has 92 valence electrons. The van der Waals surface area contributed by atoms with Gasteiger partial charge in [0.15, 0.2) is 0 Å². The van der Waals surface area contributed by atoms with Crippen molar-refractivity contribution in [1.29, 1.82) is 0 Å². The Balaban J connectivity index is 2.52. The molecule has 1 atom stereocenters. The third kappa shape index (κ3) is 2.05. The number of benzene rings is 1. The monoisotopic (exact) mass is 298 g/mol. The molecule has 0 radical (unpaired) electrons. The lowest BCUT2D eigenvalue weighted by atomic mass is 9.91. The number of fused-ring (bicyclic) bond motifs is 1. The zero-order chi connectivity index (χ0) is 12.6. The van der Waals surface area contributed by atoms with Gasteiger partial charge >= 0.3 is 0 Å². The van der Waals surface area contributed by atoms with Gasteiger partial charge in [0.25, 0.3) is 0 Å². The lowest BCUT2D eigenvalue weighted by Gasteiger charge is -2.40. The summed E-state index contributed by atoms with van der Waals surface area (Å²) < 4.78 is 0.831. The molecule has 4 nitrogen and oxygen atoms in total. The summed E-state index contributed by atoms with van der Waals surface area (Å²) in [7, 11) is 0. The minimum atomic E-state index is -0.352. The number of rotatable bonds is 2. The first-order valence-electron chi connectivity index (χ1n) is 5.42. The van der Waals surface area contributed by atoms with E-state index < -0.39 is 0 Å². The summed E-state index contributed by atoms with van der Waals surface area (Å²) in [6, 6.07) is 3.49. The van der Waals surface area contributed by atoms with Crippen LogP contribution in [0.4, 0.5) is 11.4 Å². The molecule has 0 bridgehead atoms. The van der Waals surface area contributed by atoms with Crippen LogP contribution in [0.2, 0.25) is 0 Å². The smallest absolute Gasteiger partial charge is 0.144 e. The van der Waals surface area contributed by atoms with Crippen LogP contribution in [0.25, 0.3) is 0 Å². The van der Waals surface area contributed by atoms with E-state index in [2.05, 4.69) is 26.6 Å². The summed E-state index contributed by atoms with van der Waals surface area (Å²) in [5.74, 6) is 0. The van der Waals surface area contributed by atoms with Crippen molar-refractivity contribution >= 4 is 33.6 Å². The molecular weight excluding hydrogens is 284 g/mol.